The lowest BCUT2D eigenvalue weighted by molar-refractivity contribution is -0.128. The van der Waals surface area contributed by atoms with E-state index < -0.39 is 10.0 Å². The van der Waals surface area contributed by atoms with Gasteiger partial charge in [-0.05, 0) is 23.3 Å². The molecule has 0 unspecified atom stereocenters. The summed E-state index contributed by atoms with van der Waals surface area (Å²) < 4.78 is 32.2. The van der Waals surface area contributed by atoms with E-state index >= 15 is 0 Å². The van der Waals surface area contributed by atoms with E-state index in [9.17, 15) is 13.2 Å². The largest absolute Gasteiger partial charge is 0.372 e. The highest BCUT2D eigenvalue weighted by Crippen LogP contribution is 2.22. The maximum atomic E-state index is 12.3. The summed E-state index contributed by atoms with van der Waals surface area (Å²) in [6.45, 7) is 8.42. The van der Waals surface area contributed by atoms with E-state index in [4.69, 9.17) is 4.74 Å². The number of amides is 1. The highest BCUT2D eigenvalue weighted by Gasteiger charge is 2.20. The summed E-state index contributed by atoms with van der Waals surface area (Å²) in [4.78, 5) is 13.7. The zero-order valence-electron chi connectivity index (χ0n) is 12.8. The molecule has 1 N–H and O–H groups in total. The molecule has 1 amide bonds. The number of fused-ring (bicyclic) bond motifs is 1. The first-order valence-corrected chi connectivity index (χ1v) is 8.65. The molecule has 1 aromatic rings. The number of hydrogen-bond donors (Lipinski definition) is 1. The Labute approximate surface area is 136 Å². The maximum Gasteiger partial charge on any atom is 0.241 e. The molecule has 7 heteroatoms. The van der Waals surface area contributed by atoms with Gasteiger partial charge in [0.25, 0.3) is 0 Å². The Morgan fingerprint density at radius 1 is 1.22 bits per heavy atom. The average Bonchev–Trinajstić information content (AvgIpc) is 3.00. The van der Waals surface area contributed by atoms with E-state index in [-0.39, 0.29) is 17.3 Å². The minimum Gasteiger partial charge on any atom is -0.372 e. The third-order valence-corrected chi connectivity index (χ3v) is 4.87. The van der Waals surface area contributed by atoms with Gasteiger partial charge in [-0.15, -0.1) is 13.2 Å². The molecule has 23 heavy (non-hydrogen) atoms. The van der Waals surface area contributed by atoms with Crippen LogP contribution in [0, 0.1) is 0 Å². The Balaban J connectivity index is 2.05. The average molecular weight is 336 g/mol. The van der Waals surface area contributed by atoms with Crippen LogP contribution >= 0.6 is 0 Å². The van der Waals surface area contributed by atoms with Gasteiger partial charge in [0.05, 0.1) is 24.7 Å². The van der Waals surface area contributed by atoms with E-state index in [2.05, 4.69) is 17.9 Å². The predicted octanol–water partition coefficient (Wildman–Crippen LogP) is 1.20. The summed E-state index contributed by atoms with van der Waals surface area (Å²) in [5.41, 5.74) is 1.85. The number of sulfonamides is 1. The molecule has 0 spiro atoms. The molecule has 0 radical (unpaired) electrons. The molecule has 124 valence electrons. The van der Waals surface area contributed by atoms with E-state index in [0.717, 1.165) is 11.1 Å². The van der Waals surface area contributed by atoms with Gasteiger partial charge in [0.1, 0.15) is 0 Å². The number of nitrogens with zero attached hydrogens (tertiary/aromatic N) is 1. The first-order chi connectivity index (χ1) is 11.0. The Kier molecular flexibility index (Phi) is 5.70. The molecule has 0 aliphatic carbocycles. The molecule has 0 aromatic heterocycles. The zero-order valence-corrected chi connectivity index (χ0v) is 13.6. The first-order valence-electron chi connectivity index (χ1n) is 7.16. The van der Waals surface area contributed by atoms with E-state index in [0.29, 0.717) is 26.3 Å². The van der Waals surface area contributed by atoms with E-state index in [1.165, 1.54) is 11.0 Å². The van der Waals surface area contributed by atoms with Crippen LogP contribution in [0.5, 0.6) is 0 Å². The summed E-state index contributed by atoms with van der Waals surface area (Å²) in [5.74, 6) is -0.335. The second-order valence-corrected chi connectivity index (χ2v) is 6.89. The minimum atomic E-state index is -3.75. The van der Waals surface area contributed by atoms with Crippen molar-refractivity contribution in [2.75, 3.05) is 19.6 Å². The van der Waals surface area contributed by atoms with Crippen molar-refractivity contribution in [2.24, 2.45) is 0 Å². The highest BCUT2D eigenvalue weighted by molar-refractivity contribution is 7.89. The summed E-state index contributed by atoms with van der Waals surface area (Å²) >= 11 is 0. The summed E-state index contributed by atoms with van der Waals surface area (Å²) in [6, 6.07) is 4.84. The smallest absolute Gasteiger partial charge is 0.241 e. The number of nitrogens with one attached hydrogen (secondary N) is 1. The molecule has 1 aromatic carbocycles. The van der Waals surface area contributed by atoms with Crippen molar-refractivity contribution in [1.82, 2.24) is 9.62 Å². The normalized spacial score (nSPS) is 13.4. The lowest BCUT2D eigenvalue weighted by Crippen LogP contribution is -2.40. The monoisotopic (exact) mass is 336 g/mol. The van der Waals surface area contributed by atoms with Crippen LogP contribution in [0.25, 0.3) is 0 Å². The molecule has 0 atom stereocenters. The topological polar surface area (TPSA) is 75.7 Å². The van der Waals surface area contributed by atoms with Crippen molar-refractivity contribution >= 4 is 15.9 Å². The highest BCUT2D eigenvalue weighted by atomic mass is 32.2. The number of carbonyl (C=O) groups is 1. The van der Waals surface area contributed by atoms with Gasteiger partial charge in [0, 0.05) is 13.1 Å². The van der Waals surface area contributed by atoms with Crippen molar-refractivity contribution in [1.29, 1.82) is 0 Å². The Hall–Kier alpha value is -1.96. The number of benzene rings is 1. The first kappa shape index (κ1) is 17.4. The van der Waals surface area contributed by atoms with Crippen molar-refractivity contribution in [3.8, 4) is 0 Å². The standard InChI is InChI=1S/C16H20N2O4S/c1-3-7-18(8-4-2)16(19)10-17-23(20,21)15-6-5-13-11-22-12-14(13)9-15/h3-6,9,17H,1-2,7-8,10-12H2. The lowest BCUT2D eigenvalue weighted by atomic mass is 10.1. The zero-order chi connectivity index (χ0) is 16.9. The molecule has 0 saturated carbocycles. The minimum absolute atomic E-state index is 0.133. The summed E-state index contributed by atoms with van der Waals surface area (Å²) in [5, 5.41) is 0. The van der Waals surface area contributed by atoms with E-state index in [1.807, 2.05) is 0 Å². The second kappa shape index (κ2) is 7.54. The van der Waals surface area contributed by atoms with Crippen molar-refractivity contribution in [3.63, 3.8) is 0 Å². The van der Waals surface area contributed by atoms with Gasteiger partial charge in [-0.2, -0.15) is 0 Å². The van der Waals surface area contributed by atoms with Crippen LogP contribution in [0.1, 0.15) is 11.1 Å². The van der Waals surface area contributed by atoms with Crippen LogP contribution < -0.4 is 4.72 Å². The second-order valence-electron chi connectivity index (χ2n) is 5.12. The molecule has 6 nitrogen and oxygen atoms in total. The Bertz CT molecular complexity index is 703. The Morgan fingerprint density at radius 2 is 1.87 bits per heavy atom. The fourth-order valence-corrected chi connectivity index (χ4v) is 3.28. The predicted molar refractivity (Wildman–Crippen MR) is 87.1 cm³/mol. The number of carbonyl (C=O) groups excluding carboxylic acids is 1. The van der Waals surface area contributed by atoms with Gasteiger partial charge in [-0.25, -0.2) is 13.1 Å². The molecular weight excluding hydrogens is 316 g/mol. The van der Waals surface area contributed by atoms with Gasteiger partial charge in [0.2, 0.25) is 15.9 Å². The van der Waals surface area contributed by atoms with Crippen molar-refractivity contribution in [3.05, 3.63) is 54.6 Å². The number of hydrogen-bond acceptors (Lipinski definition) is 4. The molecule has 0 fully saturated rings. The Morgan fingerprint density at radius 3 is 2.52 bits per heavy atom. The maximum absolute atomic E-state index is 12.3. The molecule has 1 aliphatic heterocycles. The van der Waals surface area contributed by atoms with Crippen LogP contribution in [0.3, 0.4) is 0 Å². The van der Waals surface area contributed by atoms with Crippen LogP contribution in [-0.2, 0) is 32.8 Å². The molecule has 1 aliphatic rings. The molecule has 0 saturated heterocycles. The molecule has 1 heterocycles. The van der Waals surface area contributed by atoms with Gasteiger partial charge >= 0.3 is 0 Å². The van der Waals surface area contributed by atoms with Gasteiger partial charge in [-0.3, -0.25) is 4.79 Å². The number of rotatable bonds is 8. The molecule has 0 bridgehead atoms. The van der Waals surface area contributed by atoms with Crippen LogP contribution in [-0.4, -0.2) is 38.9 Å². The summed E-state index contributed by atoms with van der Waals surface area (Å²) in [6.07, 6.45) is 3.16. The van der Waals surface area contributed by atoms with Gasteiger partial charge < -0.3 is 9.64 Å². The fourth-order valence-electron chi connectivity index (χ4n) is 2.26. The molecule has 2 rings (SSSR count). The lowest BCUT2D eigenvalue weighted by Gasteiger charge is -2.19. The molecular formula is C16H20N2O4S. The summed E-state index contributed by atoms with van der Waals surface area (Å²) in [7, 11) is -3.75. The SMILES string of the molecule is C=CCN(CC=C)C(=O)CNS(=O)(=O)c1ccc2c(c1)COC2. The van der Waals surface area contributed by atoms with Gasteiger partial charge in [0.15, 0.2) is 0 Å². The number of ether oxygens (including phenoxy) is 1. The quantitative estimate of drug-likeness (QED) is 0.724. The third kappa shape index (κ3) is 4.28. The van der Waals surface area contributed by atoms with Crippen molar-refractivity contribution in [2.45, 2.75) is 18.1 Å². The van der Waals surface area contributed by atoms with Gasteiger partial charge in [-0.1, -0.05) is 18.2 Å². The van der Waals surface area contributed by atoms with Crippen molar-refractivity contribution < 1.29 is 17.9 Å². The fraction of sp³-hybridized carbons (Fsp3) is 0.312. The van der Waals surface area contributed by atoms with E-state index in [1.54, 1.807) is 24.3 Å². The van der Waals surface area contributed by atoms with Crippen LogP contribution in [0.4, 0.5) is 0 Å². The third-order valence-electron chi connectivity index (χ3n) is 3.47. The van der Waals surface area contributed by atoms with Crippen LogP contribution in [0.15, 0.2) is 48.4 Å². The van der Waals surface area contributed by atoms with Crippen LogP contribution in [0.2, 0.25) is 0 Å².